The molecule has 0 bridgehead atoms. The molecule has 108 valence electrons. The number of hydrogen-bond acceptors (Lipinski definition) is 5. The Labute approximate surface area is 115 Å². The van der Waals surface area contributed by atoms with E-state index in [2.05, 4.69) is 35.8 Å². The maximum absolute atomic E-state index is 5.57. The van der Waals surface area contributed by atoms with Crippen LogP contribution in [0, 0.1) is 18.8 Å². The van der Waals surface area contributed by atoms with Crippen LogP contribution >= 0.6 is 0 Å². The fourth-order valence-electron chi connectivity index (χ4n) is 2.81. The van der Waals surface area contributed by atoms with Gasteiger partial charge in [-0.2, -0.15) is 4.98 Å². The highest BCUT2D eigenvalue weighted by Gasteiger charge is 2.30. The van der Waals surface area contributed by atoms with Gasteiger partial charge in [-0.1, -0.05) is 25.9 Å². The van der Waals surface area contributed by atoms with Crippen molar-refractivity contribution in [1.29, 1.82) is 0 Å². The first-order chi connectivity index (χ1) is 9.06. The van der Waals surface area contributed by atoms with E-state index in [1.807, 2.05) is 6.92 Å². The van der Waals surface area contributed by atoms with Crippen LogP contribution in [-0.4, -0.2) is 41.3 Å². The molecule has 2 unspecified atom stereocenters. The summed E-state index contributed by atoms with van der Waals surface area (Å²) in [6.07, 6.45) is 1.24. The van der Waals surface area contributed by atoms with Gasteiger partial charge in [0.2, 0.25) is 5.89 Å². The molecule has 2 rings (SSSR count). The number of ether oxygens (including phenoxy) is 1. The summed E-state index contributed by atoms with van der Waals surface area (Å²) in [6.45, 7) is 12.1. The molecule has 0 aliphatic carbocycles. The van der Waals surface area contributed by atoms with Crippen LogP contribution in [0.4, 0.5) is 0 Å². The van der Waals surface area contributed by atoms with Gasteiger partial charge in [0.1, 0.15) is 6.04 Å². The lowest BCUT2D eigenvalue weighted by atomic mass is 9.97. The standard InChI is InChI=1S/C14H25N3O2/c1-10(2)7-11(3)8-17-5-6-18-9-13(17)14-15-12(4)16-19-14/h10-11,13H,5-9H2,1-4H3. The van der Waals surface area contributed by atoms with Crippen molar-refractivity contribution in [3.8, 4) is 0 Å². The van der Waals surface area contributed by atoms with E-state index in [9.17, 15) is 0 Å². The third-order valence-electron chi connectivity index (χ3n) is 3.49. The average Bonchev–Trinajstić information content (AvgIpc) is 2.75. The molecule has 0 N–H and O–H groups in total. The van der Waals surface area contributed by atoms with Gasteiger partial charge in [-0.3, -0.25) is 4.90 Å². The van der Waals surface area contributed by atoms with E-state index in [1.54, 1.807) is 0 Å². The lowest BCUT2D eigenvalue weighted by Crippen LogP contribution is -2.42. The monoisotopic (exact) mass is 267 g/mol. The van der Waals surface area contributed by atoms with Gasteiger partial charge in [0.15, 0.2) is 5.82 Å². The van der Waals surface area contributed by atoms with Gasteiger partial charge >= 0.3 is 0 Å². The molecular weight excluding hydrogens is 242 g/mol. The summed E-state index contributed by atoms with van der Waals surface area (Å²) in [5.74, 6) is 2.79. The van der Waals surface area contributed by atoms with E-state index >= 15 is 0 Å². The predicted octanol–water partition coefficient (Wildman–Crippen LogP) is 2.43. The molecule has 2 heterocycles. The second kappa shape index (κ2) is 6.48. The Balaban J connectivity index is 2.00. The zero-order chi connectivity index (χ0) is 13.8. The van der Waals surface area contributed by atoms with Gasteiger partial charge in [0, 0.05) is 13.1 Å². The quantitative estimate of drug-likeness (QED) is 0.820. The van der Waals surface area contributed by atoms with Crippen molar-refractivity contribution < 1.29 is 9.26 Å². The molecule has 0 radical (unpaired) electrons. The predicted molar refractivity (Wildman–Crippen MR) is 72.8 cm³/mol. The molecule has 2 atom stereocenters. The smallest absolute Gasteiger partial charge is 0.246 e. The Hall–Kier alpha value is -0.940. The molecule has 0 saturated carbocycles. The Morgan fingerprint density at radius 2 is 2.16 bits per heavy atom. The summed E-state index contributed by atoms with van der Waals surface area (Å²) in [6, 6.07) is 0.115. The minimum Gasteiger partial charge on any atom is -0.378 e. The van der Waals surface area contributed by atoms with Gasteiger partial charge in [-0.25, -0.2) is 0 Å². The molecular formula is C14H25N3O2. The summed E-state index contributed by atoms with van der Waals surface area (Å²) in [5, 5.41) is 3.89. The number of aromatic nitrogens is 2. The molecule has 19 heavy (non-hydrogen) atoms. The first-order valence-electron chi connectivity index (χ1n) is 7.18. The molecule has 5 nitrogen and oxygen atoms in total. The van der Waals surface area contributed by atoms with Crippen LogP contribution in [0.15, 0.2) is 4.52 Å². The second-order valence-corrected chi connectivity index (χ2v) is 6.00. The number of aryl methyl sites for hydroxylation is 1. The summed E-state index contributed by atoms with van der Waals surface area (Å²) in [7, 11) is 0. The molecule has 0 spiro atoms. The Morgan fingerprint density at radius 1 is 1.37 bits per heavy atom. The molecule has 0 aromatic carbocycles. The topological polar surface area (TPSA) is 51.4 Å². The first kappa shape index (κ1) is 14.5. The van der Waals surface area contributed by atoms with E-state index in [-0.39, 0.29) is 6.04 Å². The molecule has 1 aliphatic heterocycles. The van der Waals surface area contributed by atoms with Gasteiger partial charge in [0.25, 0.3) is 0 Å². The van der Waals surface area contributed by atoms with Crippen LogP contribution in [0.2, 0.25) is 0 Å². The minimum atomic E-state index is 0.115. The summed E-state index contributed by atoms with van der Waals surface area (Å²) >= 11 is 0. The maximum atomic E-state index is 5.57. The zero-order valence-corrected chi connectivity index (χ0v) is 12.4. The van der Waals surface area contributed by atoms with Crippen LogP contribution in [0.5, 0.6) is 0 Å². The highest BCUT2D eigenvalue weighted by atomic mass is 16.5. The SMILES string of the molecule is Cc1noc(C2COCCN2CC(C)CC(C)C)n1. The van der Waals surface area contributed by atoms with E-state index in [4.69, 9.17) is 9.26 Å². The van der Waals surface area contributed by atoms with Gasteiger partial charge in [-0.05, 0) is 25.2 Å². The molecule has 0 amide bonds. The van der Waals surface area contributed by atoms with E-state index < -0.39 is 0 Å². The Morgan fingerprint density at radius 3 is 2.79 bits per heavy atom. The van der Waals surface area contributed by atoms with E-state index in [0.29, 0.717) is 24.2 Å². The number of rotatable bonds is 5. The summed E-state index contributed by atoms with van der Waals surface area (Å²) in [4.78, 5) is 6.77. The van der Waals surface area contributed by atoms with Crippen molar-refractivity contribution >= 4 is 0 Å². The van der Waals surface area contributed by atoms with Crippen LogP contribution < -0.4 is 0 Å². The van der Waals surface area contributed by atoms with Crippen molar-refractivity contribution in [3.63, 3.8) is 0 Å². The highest BCUT2D eigenvalue weighted by Crippen LogP contribution is 2.25. The van der Waals surface area contributed by atoms with Crippen LogP contribution in [0.3, 0.4) is 0 Å². The molecule has 1 aromatic heterocycles. The van der Waals surface area contributed by atoms with E-state index in [0.717, 1.165) is 25.6 Å². The van der Waals surface area contributed by atoms with Gasteiger partial charge < -0.3 is 9.26 Å². The lowest BCUT2D eigenvalue weighted by molar-refractivity contribution is -0.0265. The van der Waals surface area contributed by atoms with Crippen LogP contribution in [-0.2, 0) is 4.74 Å². The molecule has 1 aromatic rings. The molecule has 1 aliphatic rings. The Kier molecular flexibility index (Phi) is 4.93. The van der Waals surface area contributed by atoms with Crippen molar-refractivity contribution in [2.45, 2.75) is 40.2 Å². The third-order valence-corrected chi connectivity index (χ3v) is 3.49. The average molecular weight is 267 g/mol. The fraction of sp³-hybridized carbons (Fsp3) is 0.857. The first-order valence-corrected chi connectivity index (χ1v) is 7.18. The summed E-state index contributed by atoms with van der Waals surface area (Å²) < 4.78 is 10.9. The minimum absolute atomic E-state index is 0.115. The van der Waals surface area contributed by atoms with Gasteiger partial charge in [-0.15, -0.1) is 0 Å². The maximum Gasteiger partial charge on any atom is 0.246 e. The molecule has 1 saturated heterocycles. The summed E-state index contributed by atoms with van der Waals surface area (Å²) in [5.41, 5.74) is 0. The number of hydrogen-bond donors (Lipinski definition) is 0. The van der Waals surface area contributed by atoms with Crippen LogP contribution in [0.25, 0.3) is 0 Å². The van der Waals surface area contributed by atoms with Crippen molar-refractivity contribution in [2.75, 3.05) is 26.3 Å². The number of nitrogens with zero attached hydrogens (tertiary/aromatic N) is 3. The van der Waals surface area contributed by atoms with Crippen molar-refractivity contribution in [1.82, 2.24) is 15.0 Å². The third kappa shape index (κ3) is 4.01. The molecule has 5 heteroatoms. The molecule has 1 fully saturated rings. The lowest BCUT2D eigenvalue weighted by Gasteiger charge is -2.35. The zero-order valence-electron chi connectivity index (χ0n) is 12.4. The van der Waals surface area contributed by atoms with E-state index in [1.165, 1.54) is 6.42 Å². The largest absolute Gasteiger partial charge is 0.378 e. The van der Waals surface area contributed by atoms with Crippen LogP contribution in [0.1, 0.15) is 44.9 Å². The van der Waals surface area contributed by atoms with Crippen molar-refractivity contribution in [3.05, 3.63) is 11.7 Å². The fourth-order valence-corrected chi connectivity index (χ4v) is 2.81. The second-order valence-electron chi connectivity index (χ2n) is 6.00. The Bertz CT molecular complexity index is 392. The normalized spacial score (nSPS) is 22.9. The number of morpholine rings is 1. The van der Waals surface area contributed by atoms with Gasteiger partial charge in [0.05, 0.1) is 13.2 Å². The van der Waals surface area contributed by atoms with Crippen molar-refractivity contribution in [2.24, 2.45) is 11.8 Å². The highest BCUT2D eigenvalue weighted by molar-refractivity contribution is 4.94.